The fourth-order valence-corrected chi connectivity index (χ4v) is 4.11. The van der Waals surface area contributed by atoms with E-state index in [0.717, 1.165) is 46.6 Å². The van der Waals surface area contributed by atoms with Crippen molar-refractivity contribution in [2.24, 2.45) is 7.05 Å². The second kappa shape index (κ2) is 6.65. The maximum atomic E-state index is 12.1. The Morgan fingerprint density at radius 2 is 2.08 bits per heavy atom. The molecule has 5 nitrogen and oxygen atoms in total. The van der Waals surface area contributed by atoms with Crippen LogP contribution in [0.1, 0.15) is 34.8 Å². The van der Waals surface area contributed by atoms with Crippen LogP contribution in [0.25, 0.3) is 10.9 Å². The Kier molecular flexibility index (Phi) is 4.32. The predicted molar refractivity (Wildman–Crippen MR) is 103 cm³/mol. The highest BCUT2D eigenvalue weighted by molar-refractivity contribution is 6.31. The summed E-state index contributed by atoms with van der Waals surface area (Å²) in [4.78, 5) is 14.5. The molecule has 3 aromatic rings. The van der Waals surface area contributed by atoms with Crippen molar-refractivity contribution in [3.8, 4) is 0 Å². The van der Waals surface area contributed by atoms with Crippen LogP contribution >= 0.6 is 11.6 Å². The van der Waals surface area contributed by atoms with Gasteiger partial charge in [-0.2, -0.15) is 5.10 Å². The molecule has 1 fully saturated rings. The van der Waals surface area contributed by atoms with Crippen molar-refractivity contribution in [1.29, 1.82) is 0 Å². The number of halogens is 1. The number of anilines is 1. The Hall–Kier alpha value is -2.53. The van der Waals surface area contributed by atoms with Crippen LogP contribution in [-0.4, -0.2) is 29.4 Å². The third-order valence-electron chi connectivity index (χ3n) is 5.00. The number of aromatic nitrogens is 2. The van der Waals surface area contributed by atoms with Gasteiger partial charge in [0.2, 0.25) is 0 Å². The summed E-state index contributed by atoms with van der Waals surface area (Å²) in [5.41, 5.74) is 3.51. The molecule has 4 rings (SSSR count). The van der Waals surface area contributed by atoms with E-state index in [9.17, 15) is 4.79 Å². The molecular formula is C20H20ClN3O2. The van der Waals surface area contributed by atoms with E-state index in [-0.39, 0.29) is 12.0 Å². The topological polar surface area (TPSA) is 47.4 Å². The van der Waals surface area contributed by atoms with E-state index >= 15 is 0 Å². The Labute approximate surface area is 157 Å². The maximum Gasteiger partial charge on any atom is 0.338 e. The largest absolute Gasteiger partial charge is 0.465 e. The van der Waals surface area contributed by atoms with Crippen molar-refractivity contribution in [3.05, 3.63) is 58.7 Å². The summed E-state index contributed by atoms with van der Waals surface area (Å²) >= 11 is 6.46. The molecule has 1 aliphatic rings. The number of ether oxygens (including phenoxy) is 1. The first kappa shape index (κ1) is 16.9. The lowest BCUT2D eigenvalue weighted by molar-refractivity contribution is 0.0603. The highest BCUT2D eigenvalue weighted by Gasteiger charge is 2.30. The molecule has 0 N–H and O–H groups in total. The second-order valence-electron chi connectivity index (χ2n) is 6.56. The van der Waals surface area contributed by atoms with E-state index in [0.29, 0.717) is 5.56 Å². The van der Waals surface area contributed by atoms with Gasteiger partial charge < -0.3 is 9.64 Å². The quantitative estimate of drug-likeness (QED) is 0.644. The summed E-state index contributed by atoms with van der Waals surface area (Å²) in [5.74, 6) is -0.348. The normalized spacial score (nSPS) is 17.0. The predicted octanol–water partition coefficient (Wildman–Crippen LogP) is 4.35. The van der Waals surface area contributed by atoms with Crippen molar-refractivity contribution in [2.45, 2.75) is 18.9 Å². The Morgan fingerprint density at radius 3 is 2.85 bits per heavy atom. The monoisotopic (exact) mass is 369 g/mol. The molecule has 0 saturated carbocycles. The van der Waals surface area contributed by atoms with Crippen LogP contribution in [-0.2, 0) is 11.8 Å². The van der Waals surface area contributed by atoms with Crippen LogP contribution < -0.4 is 4.90 Å². The number of hydrogen-bond acceptors (Lipinski definition) is 4. The van der Waals surface area contributed by atoms with Gasteiger partial charge in [0, 0.05) is 30.2 Å². The Morgan fingerprint density at radius 1 is 1.27 bits per heavy atom. The Balaban J connectivity index is 1.84. The highest BCUT2D eigenvalue weighted by Crippen LogP contribution is 2.41. The summed E-state index contributed by atoms with van der Waals surface area (Å²) in [6.07, 6.45) is 3.99. The third-order valence-corrected chi connectivity index (χ3v) is 5.35. The van der Waals surface area contributed by atoms with Gasteiger partial charge in [-0.05, 0) is 36.6 Å². The lowest BCUT2D eigenvalue weighted by atomic mass is 10.0. The number of rotatable bonds is 3. The molecular weight excluding hydrogens is 350 g/mol. The van der Waals surface area contributed by atoms with E-state index < -0.39 is 0 Å². The number of carbonyl (C=O) groups excluding carboxylic acids is 1. The van der Waals surface area contributed by atoms with Gasteiger partial charge in [0.25, 0.3) is 0 Å². The van der Waals surface area contributed by atoms with Crippen LogP contribution in [0.3, 0.4) is 0 Å². The summed E-state index contributed by atoms with van der Waals surface area (Å²) in [7, 11) is 3.26. The fraction of sp³-hybridized carbons (Fsp3) is 0.300. The van der Waals surface area contributed by atoms with Crippen molar-refractivity contribution >= 4 is 34.2 Å². The third kappa shape index (κ3) is 2.72. The first-order valence-electron chi connectivity index (χ1n) is 8.66. The first-order valence-corrected chi connectivity index (χ1v) is 9.03. The summed E-state index contributed by atoms with van der Waals surface area (Å²) in [5, 5.41) is 6.21. The number of nitrogens with zero attached hydrogens (tertiary/aromatic N) is 3. The molecule has 1 aromatic heterocycles. The minimum atomic E-state index is -0.348. The van der Waals surface area contributed by atoms with Gasteiger partial charge in [-0.15, -0.1) is 0 Å². The summed E-state index contributed by atoms with van der Waals surface area (Å²) in [6.45, 7) is 0.930. The number of aryl methyl sites for hydroxylation is 1. The maximum absolute atomic E-state index is 12.1. The molecule has 6 heteroatoms. The van der Waals surface area contributed by atoms with Gasteiger partial charge in [-0.1, -0.05) is 29.8 Å². The zero-order valence-corrected chi connectivity index (χ0v) is 15.5. The summed E-state index contributed by atoms with van der Waals surface area (Å²) < 4.78 is 6.66. The van der Waals surface area contributed by atoms with Gasteiger partial charge in [-0.25, -0.2) is 4.79 Å². The van der Waals surface area contributed by atoms with Gasteiger partial charge in [-0.3, -0.25) is 4.68 Å². The average Bonchev–Trinajstić information content (AvgIpc) is 3.26. The van der Waals surface area contributed by atoms with Crippen molar-refractivity contribution in [2.75, 3.05) is 18.6 Å². The van der Waals surface area contributed by atoms with E-state index in [1.807, 2.05) is 43.6 Å². The highest BCUT2D eigenvalue weighted by atomic mass is 35.5. The number of methoxy groups -OCH3 is 1. The van der Waals surface area contributed by atoms with Crippen molar-refractivity contribution in [3.63, 3.8) is 0 Å². The van der Waals surface area contributed by atoms with E-state index in [2.05, 4.69) is 16.1 Å². The molecule has 134 valence electrons. The van der Waals surface area contributed by atoms with Crippen LogP contribution in [0.2, 0.25) is 5.02 Å². The average molecular weight is 370 g/mol. The molecule has 1 atom stereocenters. The first-order chi connectivity index (χ1) is 12.6. The SMILES string of the molecule is COC(=O)c1ccc(N2CCC[C@H]2c2ccccc2Cl)c2nn(C)cc12. The molecule has 2 heterocycles. The molecule has 2 aromatic carbocycles. The van der Waals surface area contributed by atoms with Crippen LogP contribution in [0, 0.1) is 0 Å². The minimum absolute atomic E-state index is 0.206. The van der Waals surface area contributed by atoms with E-state index in [1.54, 1.807) is 4.68 Å². The number of fused-ring (bicyclic) bond motifs is 1. The second-order valence-corrected chi connectivity index (χ2v) is 6.97. The zero-order valence-electron chi connectivity index (χ0n) is 14.8. The van der Waals surface area contributed by atoms with Crippen LogP contribution in [0.15, 0.2) is 42.6 Å². The number of esters is 1. The van der Waals surface area contributed by atoms with Gasteiger partial charge in [0.05, 0.1) is 24.4 Å². The molecule has 0 unspecified atom stereocenters. The molecule has 1 saturated heterocycles. The zero-order chi connectivity index (χ0) is 18.3. The van der Waals surface area contributed by atoms with Gasteiger partial charge in [0.15, 0.2) is 0 Å². The van der Waals surface area contributed by atoms with Crippen LogP contribution in [0.4, 0.5) is 5.69 Å². The number of hydrogen-bond donors (Lipinski definition) is 0. The van der Waals surface area contributed by atoms with Gasteiger partial charge >= 0.3 is 5.97 Å². The smallest absolute Gasteiger partial charge is 0.338 e. The lowest BCUT2D eigenvalue weighted by Crippen LogP contribution is -2.23. The molecule has 26 heavy (non-hydrogen) atoms. The van der Waals surface area contributed by atoms with Gasteiger partial charge in [0.1, 0.15) is 5.52 Å². The standard InChI is InChI=1S/C20H20ClN3O2/c1-23-12-15-13(20(25)26-2)9-10-18(19(15)22-23)24-11-5-8-17(24)14-6-3-4-7-16(14)21/h3-4,6-7,9-10,12,17H,5,8,11H2,1-2H3/t17-/m0/s1. The van der Waals surface area contributed by atoms with E-state index in [4.69, 9.17) is 16.3 Å². The van der Waals surface area contributed by atoms with Crippen molar-refractivity contribution in [1.82, 2.24) is 9.78 Å². The fourth-order valence-electron chi connectivity index (χ4n) is 3.85. The van der Waals surface area contributed by atoms with Crippen molar-refractivity contribution < 1.29 is 9.53 Å². The molecule has 1 aliphatic heterocycles. The Bertz CT molecular complexity index is 982. The number of benzene rings is 2. The molecule has 0 spiro atoms. The molecule has 0 bridgehead atoms. The lowest BCUT2D eigenvalue weighted by Gasteiger charge is -2.28. The van der Waals surface area contributed by atoms with E-state index in [1.165, 1.54) is 7.11 Å². The minimum Gasteiger partial charge on any atom is -0.465 e. The summed E-state index contributed by atoms with van der Waals surface area (Å²) in [6, 6.07) is 12.0. The molecule has 0 radical (unpaired) electrons. The molecule has 0 aliphatic carbocycles. The van der Waals surface area contributed by atoms with Crippen LogP contribution in [0.5, 0.6) is 0 Å². The molecule has 0 amide bonds. The number of carbonyl (C=O) groups is 1.